The molecule has 1 aromatic rings. The molecule has 0 bridgehead atoms. The van der Waals surface area contributed by atoms with E-state index in [4.69, 9.17) is 5.11 Å². The van der Waals surface area contributed by atoms with Crippen molar-refractivity contribution >= 4 is 23.3 Å². The first-order valence-corrected chi connectivity index (χ1v) is 6.51. The molecule has 0 saturated heterocycles. The monoisotopic (exact) mass is 288 g/mol. The molecule has 0 atom stereocenters. The van der Waals surface area contributed by atoms with Crippen LogP contribution in [0.4, 0.5) is 5.69 Å². The Morgan fingerprint density at radius 3 is 2.67 bits per heavy atom. The number of aliphatic hydroxyl groups excluding tert-OH is 1. The number of carbonyl (C=O) groups excluding carboxylic acids is 3. The van der Waals surface area contributed by atoms with Gasteiger partial charge in [-0.25, -0.2) is 0 Å². The SMILES string of the molecule is CC(=O)c1ccc(C)cc1NC1=CC(=O)N(CCO)C1=O. The molecule has 110 valence electrons. The lowest BCUT2D eigenvalue weighted by Gasteiger charge is -2.14. The Hall–Kier alpha value is -2.47. The largest absolute Gasteiger partial charge is 0.395 e. The van der Waals surface area contributed by atoms with E-state index < -0.39 is 11.8 Å². The average molecular weight is 288 g/mol. The third kappa shape index (κ3) is 3.00. The summed E-state index contributed by atoms with van der Waals surface area (Å²) >= 11 is 0. The van der Waals surface area contributed by atoms with Crippen molar-refractivity contribution in [3.8, 4) is 0 Å². The fourth-order valence-electron chi connectivity index (χ4n) is 2.12. The molecule has 0 spiro atoms. The fourth-order valence-corrected chi connectivity index (χ4v) is 2.12. The number of aliphatic hydroxyl groups is 1. The molecule has 2 N–H and O–H groups in total. The molecule has 6 nitrogen and oxygen atoms in total. The molecule has 1 aromatic carbocycles. The van der Waals surface area contributed by atoms with Crippen LogP contribution in [-0.4, -0.2) is 40.8 Å². The number of carbonyl (C=O) groups is 3. The first-order chi connectivity index (χ1) is 9.93. The number of benzene rings is 1. The third-order valence-electron chi connectivity index (χ3n) is 3.16. The van der Waals surface area contributed by atoms with E-state index >= 15 is 0 Å². The summed E-state index contributed by atoms with van der Waals surface area (Å²) in [6.07, 6.45) is 1.17. The molecule has 1 heterocycles. The zero-order valence-corrected chi connectivity index (χ0v) is 11.8. The molecular weight excluding hydrogens is 272 g/mol. The van der Waals surface area contributed by atoms with Crippen molar-refractivity contribution in [1.29, 1.82) is 0 Å². The minimum absolute atomic E-state index is 0.0489. The number of hydrogen-bond donors (Lipinski definition) is 2. The highest BCUT2D eigenvalue weighted by Gasteiger charge is 2.31. The Bertz CT molecular complexity index is 649. The summed E-state index contributed by atoms with van der Waals surface area (Å²) in [4.78, 5) is 36.3. The van der Waals surface area contributed by atoms with Crippen LogP contribution < -0.4 is 5.32 Å². The fraction of sp³-hybridized carbons (Fsp3) is 0.267. The molecule has 0 radical (unpaired) electrons. The normalized spacial score (nSPS) is 14.4. The van der Waals surface area contributed by atoms with Crippen LogP contribution in [0.2, 0.25) is 0 Å². The third-order valence-corrected chi connectivity index (χ3v) is 3.16. The van der Waals surface area contributed by atoms with E-state index in [0.29, 0.717) is 11.3 Å². The molecule has 0 unspecified atom stereocenters. The summed E-state index contributed by atoms with van der Waals surface area (Å²) in [5, 5.41) is 11.7. The van der Waals surface area contributed by atoms with Gasteiger partial charge in [0.15, 0.2) is 5.78 Å². The van der Waals surface area contributed by atoms with Gasteiger partial charge in [0.2, 0.25) is 0 Å². The van der Waals surface area contributed by atoms with Crippen molar-refractivity contribution in [2.24, 2.45) is 0 Å². The van der Waals surface area contributed by atoms with Crippen molar-refractivity contribution in [1.82, 2.24) is 4.90 Å². The van der Waals surface area contributed by atoms with Crippen molar-refractivity contribution in [3.63, 3.8) is 0 Å². The second kappa shape index (κ2) is 5.88. The highest BCUT2D eigenvalue weighted by atomic mass is 16.3. The maximum Gasteiger partial charge on any atom is 0.277 e. The average Bonchev–Trinajstić information content (AvgIpc) is 2.67. The molecule has 1 aliphatic heterocycles. The Morgan fingerprint density at radius 1 is 1.33 bits per heavy atom. The van der Waals surface area contributed by atoms with Crippen molar-refractivity contribution < 1.29 is 19.5 Å². The van der Waals surface area contributed by atoms with E-state index in [1.807, 2.05) is 6.92 Å². The summed E-state index contributed by atoms with van der Waals surface area (Å²) in [5.41, 5.74) is 1.96. The number of hydrogen-bond acceptors (Lipinski definition) is 5. The number of amides is 2. The number of anilines is 1. The number of β-amino-alcohol motifs (C(OH)–C–C–N with tert-alkyl or cyclic N) is 1. The summed E-state index contributed by atoms with van der Waals surface area (Å²) in [7, 11) is 0. The number of ketones is 1. The Morgan fingerprint density at radius 2 is 2.05 bits per heavy atom. The van der Waals surface area contributed by atoms with Crippen LogP contribution in [-0.2, 0) is 9.59 Å². The standard InChI is InChI=1S/C15H16N2O4/c1-9-3-4-11(10(2)19)12(7-9)16-13-8-14(20)17(5-6-18)15(13)21/h3-4,7-8,16,18H,5-6H2,1-2H3. The van der Waals surface area contributed by atoms with Gasteiger partial charge in [0.1, 0.15) is 5.70 Å². The van der Waals surface area contributed by atoms with Gasteiger partial charge >= 0.3 is 0 Å². The Labute approximate surface area is 122 Å². The van der Waals surface area contributed by atoms with E-state index in [-0.39, 0.29) is 24.6 Å². The van der Waals surface area contributed by atoms with E-state index in [9.17, 15) is 14.4 Å². The highest BCUT2D eigenvalue weighted by Crippen LogP contribution is 2.22. The number of Topliss-reactive ketones (excluding diaryl/α,β-unsaturated/α-hetero) is 1. The van der Waals surface area contributed by atoms with Crippen LogP contribution >= 0.6 is 0 Å². The molecular formula is C15H16N2O4. The maximum atomic E-state index is 12.1. The quantitative estimate of drug-likeness (QED) is 0.620. The second-order valence-electron chi connectivity index (χ2n) is 4.81. The summed E-state index contributed by atoms with van der Waals surface area (Å²) in [6.45, 7) is 2.96. The zero-order chi connectivity index (χ0) is 15.6. The topological polar surface area (TPSA) is 86.7 Å². The lowest BCUT2D eigenvalue weighted by Crippen LogP contribution is -2.34. The minimum atomic E-state index is -0.509. The first-order valence-electron chi connectivity index (χ1n) is 6.51. The molecule has 2 rings (SSSR count). The van der Waals surface area contributed by atoms with Gasteiger partial charge in [0.25, 0.3) is 11.8 Å². The van der Waals surface area contributed by atoms with E-state index in [0.717, 1.165) is 10.5 Å². The smallest absolute Gasteiger partial charge is 0.277 e. The number of nitrogens with zero attached hydrogens (tertiary/aromatic N) is 1. The van der Waals surface area contributed by atoms with Gasteiger partial charge in [-0.05, 0) is 31.5 Å². The highest BCUT2D eigenvalue weighted by molar-refractivity contribution is 6.17. The van der Waals surface area contributed by atoms with E-state index in [2.05, 4.69) is 5.32 Å². The van der Waals surface area contributed by atoms with Crippen LogP contribution in [0.1, 0.15) is 22.8 Å². The van der Waals surface area contributed by atoms with Gasteiger partial charge in [0.05, 0.1) is 13.2 Å². The molecule has 0 fully saturated rings. The summed E-state index contributed by atoms with van der Waals surface area (Å²) < 4.78 is 0. The lowest BCUT2D eigenvalue weighted by atomic mass is 10.1. The van der Waals surface area contributed by atoms with Gasteiger partial charge in [-0.2, -0.15) is 0 Å². The van der Waals surface area contributed by atoms with Crippen LogP contribution in [0.5, 0.6) is 0 Å². The van der Waals surface area contributed by atoms with Crippen molar-refractivity contribution in [2.45, 2.75) is 13.8 Å². The molecule has 21 heavy (non-hydrogen) atoms. The predicted molar refractivity (Wildman–Crippen MR) is 76.7 cm³/mol. The van der Waals surface area contributed by atoms with Crippen LogP contribution in [0.3, 0.4) is 0 Å². The maximum absolute atomic E-state index is 12.1. The minimum Gasteiger partial charge on any atom is -0.395 e. The van der Waals surface area contributed by atoms with Crippen LogP contribution in [0.25, 0.3) is 0 Å². The lowest BCUT2D eigenvalue weighted by molar-refractivity contribution is -0.137. The molecule has 6 heteroatoms. The van der Waals surface area contributed by atoms with Crippen LogP contribution in [0.15, 0.2) is 30.0 Å². The van der Waals surface area contributed by atoms with E-state index in [1.165, 1.54) is 13.0 Å². The van der Waals surface area contributed by atoms with E-state index in [1.54, 1.807) is 18.2 Å². The molecule has 2 amide bonds. The van der Waals surface area contributed by atoms with Crippen molar-refractivity contribution in [2.75, 3.05) is 18.5 Å². The van der Waals surface area contributed by atoms with Crippen molar-refractivity contribution in [3.05, 3.63) is 41.1 Å². The molecule has 0 saturated carbocycles. The Kier molecular flexibility index (Phi) is 4.18. The van der Waals surface area contributed by atoms with Gasteiger partial charge < -0.3 is 10.4 Å². The zero-order valence-electron chi connectivity index (χ0n) is 11.8. The van der Waals surface area contributed by atoms with Gasteiger partial charge in [-0.3, -0.25) is 19.3 Å². The number of nitrogens with one attached hydrogen (secondary N) is 1. The molecule has 0 aliphatic carbocycles. The predicted octanol–water partition coefficient (Wildman–Crippen LogP) is 0.855. The number of rotatable bonds is 5. The molecule has 1 aliphatic rings. The number of imide groups is 1. The second-order valence-corrected chi connectivity index (χ2v) is 4.81. The van der Waals surface area contributed by atoms with Gasteiger partial charge in [-0.1, -0.05) is 6.07 Å². The summed E-state index contributed by atoms with van der Waals surface area (Å²) in [5.74, 6) is -1.12. The Balaban J connectivity index is 2.29. The van der Waals surface area contributed by atoms with Gasteiger partial charge in [-0.15, -0.1) is 0 Å². The number of aryl methyl sites for hydroxylation is 1. The first kappa shape index (κ1) is 14.9. The summed E-state index contributed by atoms with van der Waals surface area (Å²) in [6, 6.07) is 5.22. The van der Waals surface area contributed by atoms with Gasteiger partial charge in [0, 0.05) is 17.3 Å². The molecule has 0 aromatic heterocycles. The van der Waals surface area contributed by atoms with Crippen LogP contribution in [0, 0.1) is 6.92 Å².